The third kappa shape index (κ3) is 3.67. The minimum atomic E-state index is -2.05. The van der Waals surface area contributed by atoms with Gasteiger partial charge in [-0.1, -0.05) is 0 Å². The van der Waals surface area contributed by atoms with Gasteiger partial charge >= 0.3 is 5.97 Å². The van der Waals surface area contributed by atoms with Gasteiger partial charge in [-0.15, -0.1) is 0 Å². The summed E-state index contributed by atoms with van der Waals surface area (Å²) in [5.41, 5.74) is 5.10. The SMILES string of the molecule is CC(=O)C(N)CC([18F])C(=O)O. The molecule has 2 unspecified atom stereocenters. The molecule has 5 heteroatoms. The van der Waals surface area contributed by atoms with Crippen LogP contribution in [0.2, 0.25) is 0 Å². The van der Waals surface area contributed by atoms with Gasteiger partial charge in [0.1, 0.15) is 5.78 Å². The lowest BCUT2D eigenvalue weighted by Crippen LogP contribution is -2.33. The lowest BCUT2D eigenvalue weighted by molar-refractivity contribution is -0.143. The van der Waals surface area contributed by atoms with E-state index in [9.17, 15) is 14.0 Å². The molecule has 0 aliphatic carbocycles. The molecule has 0 bridgehead atoms. The smallest absolute Gasteiger partial charge is 0.338 e. The molecule has 0 saturated heterocycles. The summed E-state index contributed by atoms with van der Waals surface area (Å²) in [4.78, 5) is 20.3. The second-order valence-corrected chi connectivity index (χ2v) is 2.26. The highest BCUT2D eigenvalue weighted by atomic mass is 18.2. The summed E-state index contributed by atoms with van der Waals surface area (Å²) in [6.07, 6.45) is -2.50. The van der Waals surface area contributed by atoms with Gasteiger partial charge in [-0.05, 0) is 6.92 Å². The number of carbonyl (C=O) groups excluding carboxylic acids is 1. The minimum absolute atomic E-state index is 0.408. The second kappa shape index (κ2) is 4.02. The summed E-state index contributed by atoms with van der Waals surface area (Å²) < 4.78 is 12.3. The van der Waals surface area contributed by atoms with Crippen molar-refractivity contribution in [3.05, 3.63) is 0 Å². The van der Waals surface area contributed by atoms with E-state index < -0.39 is 30.4 Å². The van der Waals surface area contributed by atoms with E-state index in [-0.39, 0.29) is 0 Å². The molecule has 0 radical (unpaired) electrons. The number of aliphatic carboxylic acids is 1. The van der Waals surface area contributed by atoms with Gasteiger partial charge in [-0.3, -0.25) is 4.79 Å². The van der Waals surface area contributed by atoms with Crippen molar-refractivity contribution in [1.82, 2.24) is 0 Å². The molecule has 3 N–H and O–H groups in total. The molecule has 0 heterocycles. The van der Waals surface area contributed by atoms with Crippen LogP contribution in [0.15, 0.2) is 0 Å². The van der Waals surface area contributed by atoms with Crippen LogP contribution < -0.4 is 5.73 Å². The molecule has 64 valence electrons. The van der Waals surface area contributed by atoms with Gasteiger partial charge < -0.3 is 10.8 Å². The van der Waals surface area contributed by atoms with Crippen LogP contribution in [-0.2, 0) is 9.59 Å². The molecule has 0 aliphatic rings. The van der Waals surface area contributed by atoms with E-state index in [0.29, 0.717) is 0 Å². The normalized spacial score (nSPS) is 15.5. The van der Waals surface area contributed by atoms with Crippen LogP contribution in [0.3, 0.4) is 0 Å². The molecule has 0 fully saturated rings. The third-order valence-corrected chi connectivity index (χ3v) is 1.25. The van der Waals surface area contributed by atoms with Gasteiger partial charge in [0.2, 0.25) is 0 Å². The molecule has 4 nitrogen and oxygen atoms in total. The quantitative estimate of drug-likeness (QED) is 0.595. The monoisotopic (exact) mass is 162 g/mol. The van der Waals surface area contributed by atoms with Crippen molar-refractivity contribution in [3.8, 4) is 0 Å². The fourth-order valence-corrected chi connectivity index (χ4v) is 0.490. The van der Waals surface area contributed by atoms with Crippen LogP contribution in [0.1, 0.15) is 13.3 Å². The highest BCUT2D eigenvalue weighted by molar-refractivity contribution is 5.82. The number of halogens is 1. The van der Waals surface area contributed by atoms with Crippen molar-refractivity contribution >= 4 is 11.8 Å². The Morgan fingerprint density at radius 3 is 2.36 bits per heavy atom. The molecule has 0 aromatic carbocycles. The molecule has 0 aromatic heterocycles. The van der Waals surface area contributed by atoms with Crippen molar-refractivity contribution in [2.24, 2.45) is 5.73 Å². The molecule has 0 aliphatic heterocycles. The standard InChI is InChI=1S/C6H10FNO3/c1-3(9)5(8)2-4(7)6(10)11/h4-5H,2,8H2,1H3,(H,10,11)/i7-1. The van der Waals surface area contributed by atoms with Crippen LogP contribution >= 0.6 is 0 Å². The predicted octanol–water partition coefficient (Wildman–Crippen LogP) is -0.285. The minimum Gasteiger partial charge on any atom is -0.479 e. The van der Waals surface area contributed by atoms with Gasteiger partial charge in [0.05, 0.1) is 6.04 Å². The Hall–Kier alpha value is -0.970. The van der Waals surface area contributed by atoms with Crippen LogP contribution in [0, 0.1) is 0 Å². The number of ketones is 1. The summed E-state index contributed by atoms with van der Waals surface area (Å²) in [5, 5.41) is 8.07. The first kappa shape index (κ1) is 10.0. The molecule has 0 saturated carbocycles. The summed E-state index contributed by atoms with van der Waals surface area (Å²) in [5.74, 6) is -1.99. The zero-order valence-electron chi connectivity index (χ0n) is 6.08. The molecule has 2 atom stereocenters. The number of carboxylic acid groups (broad SMARTS) is 1. The first-order valence-electron chi connectivity index (χ1n) is 3.08. The van der Waals surface area contributed by atoms with Gasteiger partial charge in [0.25, 0.3) is 0 Å². The highest BCUT2D eigenvalue weighted by Gasteiger charge is 2.21. The number of Topliss-reactive ketones (excluding diaryl/α,β-unsaturated/α-hetero) is 1. The van der Waals surface area contributed by atoms with E-state index >= 15 is 0 Å². The Labute approximate surface area is 63.2 Å². The lowest BCUT2D eigenvalue weighted by Gasteiger charge is -2.07. The van der Waals surface area contributed by atoms with E-state index in [4.69, 9.17) is 10.8 Å². The van der Waals surface area contributed by atoms with Crippen molar-refractivity contribution in [2.75, 3.05) is 0 Å². The maximum Gasteiger partial charge on any atom is 0.338 e. The molecular weight excluding hydrogens is 152 g/mol. The average Bonchev–Trinajstić information content (AvgIpc) is 1.87. The number of carboxylic acids is 1. The summed E-state index contributed by atoms with van der Waals surface area (Å²) >= 11 is 0. The van der Waals surface area contributed by atoms with Crippen molar-refractivity contribution in [1.29, 1.82) is 0 Å². The number of nitrogens with two attached hydrogens (primary N) is 1. The highest BCUT2D eigenvalue weighted by Crippen LogP contribution is 2.01. The number of carbonyl (C=O) groups is 2. The molecule has 11 heavy (non-hydrogen) atoms. The van der Waals surface area contributed by atoms with Crippen molar-refractivity contribution < 1.29 is 19.1 Å². The maximum absolute atomic E-state index is 12.3. The van der Waals surface area contributed by atoms with Crippen molar-refractivity contribution in [2.45, 2.75) is 25.6 Å². The Bertz CT molecular complexity index is 153. The average molecular weight is 162 g/mol. The van der Waals surface area contributed by atoms with Crippen LogP contribution in [0.4, 0.5) is 4.39 Å². The first-order valence-corrected chi connectivity index (χ1v) is 3.08. The summed E-state index contributed by atoms with van der Waals surface area (Å²) in [6.45, 7) is 1.19. The topological polar surface area (TPSA) is 80.4 Å². The number of hydrogen-bond donors (Lipinski definition) is 2. The Kier molecular flexibility index (Phi) is 3.67. The number of alkyl halides is 1. The van der Waals surface area contributed by atoms with E-state index in [1.54, 1.807) is 0 Å². The van der Waals surface area contributed by atoms with Gasteiger partial charge in [-0.2, -0.15) is 0 Å². The summed E-state index contributed by atoms with van der Waals surface area (Å²) in [6, 6.07) is -1.01. The fourth-order valence-electron chi connectivity index (χ4n) is 0.490. The van der Waals surface area contributed by atoms with Crippen molar-refractivity contribution in [3.63, 3.8) is 0 Å². The predicted molar refractivity (Wildman–Crippen MR) is 35.8 cm³/mol. The Morgan fingerprint density at radius 1 is 1.64 bits per heavy atom. The van der Waals surface area contributed by atoms with Gasteiger partial charge in [0, 0.05) is 6.42 Å². The number of hydrogen-bond acceptors (Lipinski definition) is 3. The number of rotatable bonds is 4. The van der Waals surface area contributed by atoms with E-state index in [1.165, 1.54) is 6.92 Å². The zero-order chi connectivity index (χ0) is 9.02. The third-order valence-electron chi connectivity index (χ3n) is 1.25. The fraction of sp³-hybridized carbons (Fsp3) is 0.667. The molecule has 0 rings (SSSR count). The lowest BCUT2D eigenvalue weighted by atomic mass is 10.1. The van der Waals surface area contributed by atoms with Gasteiger partial charge in [-0.25, -0.2) is 9.18 Å². The first-order chi connectivity index (χ1) is 4.95. The Morgan fingerprint density at radius 2 is 2.09 bits per heavy atom. The van der Waals surface area contributed by atoms with Crippen LogP contribution in [-0.4, -0.2) is 29.1 Å². The van der Waals surface area contributed by atoms with E-state index in [0.717, 1.165) is 0 Å². The van der Waals surface area contributed by atoms with Gasteiger partial charge in [0.15, 0.2) is 6.17 Å². The largest absolute Gasteiger partial charge is 0.479 e. The second-order valence-electron chi connectivity index (χ2n) is 2.26. The molecule has 0 amide bonds. The summed E-state index contributed by atoms with van der Waals surface area (Å²) in [7, 11) is 0. The molecule has 0 aromatic rings. The maximum atomic E-state index is 12.3. The molecular formula is C6H10FNO3. The van der Waals surface area contributed by atoms with Crippen LogP contribution in [0.5, 0.6) is 0 Å². The molecule has 0 spiro atoms. The zero-order valence-corrected chi connectivity index (χ0v) is 6.08. The Balaban J connectivity index is 3.84. The van der Waals surface area contributed by atoms with E-state index in [2.05, 4.69) is 0 Å². The van der Waals surface area contributed by atoms with E-state index in [1.807, 2.05) is 0 Å². The van der Waals surface area contributed by atoms with Crippen LogP contribution in [0.25, 0.3) is 0 Å².